The third kappa shape index (κ3) is 3.60. The molecule has 0 aliphatic heterocycles. The Morgan fingerprint density at radius 3 is 2.75 bits per heavy atom. The van der Waals surface area contributed by atoms with E-state index < -0.39 is 0 Å². The monoisotopic (exact) mass is 273 g/mol. The molecule has 1 aliphatic carbocycles. The SMILES string of the molecule is Cc1cc(C(=N)N)ccc1CN(C)C1CCCC(C)C1. The average molecular weight is 273 g/mol. The Hall–Kier alpha value is -1.35. The van der Waals surface area contributed by atoms with Crippen molar-refractivity contribution in [3.63, 3.8) is 0 Å². The van der Waals surface area contributed by atoms with E-state index in [2.05, 4.69) is 31.9 Å². The van der Waals surface area contributed by atoms with Crippen molar-refractivity contribution in [2.24, 2.45) is 11.7 Å². The van der Waals surface area contributed by atoms with Crippen LogP contribution in [-0.2, 0) is 6.54 Å². The molecule has 0 aromatic heterocycles. The predicted octanol–water partition coefficient (Wildman–Crippen LogP) is 3.29. The van der Waals surface area contributed by atoms with Gasteiger partial charge in [-0.1, -0.05) is 31.9 Å². The molecule has 3 nitrogen and oxygen atoms in total. The Morgan fingerprint density at radius 1 is 1.40 bits per heavy atom. The summed E-state index contributed by atoms with van der Waals surface area (Å²) in [6, 6.07) is 6.82. The van der Waals surface area contributed by atoms with Crippen LogP contribution < -0.4 is 5.73 Å². The molecule has 1 aromatic rings. The second-order valence-corrected chi connectivity index (χ2v) is 6.40. The van der Waals surface area contributed by atoms with Crippen LogP contribution in [0.5, 0.6) is 0 Å². The average Bonchev–Trinajstić information content (AvgIpc) is 2.40. The van der Waals surface area contributed by atoms with Gasteiger partial charge in [-0.15, -0.1) is 0 Å². The number of nitrogens with one attached hydrogen (secondary N) is 1. The smallest absolute Gasteiger partial charge is 0.122 e. The second kappa shape index (κ2) is 6.40. The van der Waals surface area contributed by atoms with Crippen molar-refractivity contribution in [2.75, 3.05) is 7.05 Å². The molecule has 3 N–H and O–H groups in total. The summed E-state index contributed by atoms with van der Waals surface area (Å²) in [5.74, 6) is 1.01. The summed E-state index contributed by atoms with van der Waals surface area (Å²) in [7, 11) is 2.24. The summed E-state index contributed by atoms with van der Waals surface area (Å²) in [6.07, 6.45) is 5.39. The number of aryl methyl sites for hydroxylation is 1. The number of hydrogen-bond acceptors (Lipinski definition) is 2. The lowest BCUT2D eigenvalue weighted by molar-refractivity contribution is 0.157. The number of rotatable bonds is 4. The molecule has 2 unspecified atom stereocenters. The summed E-state index contributed by atoms with van der Waals surface area (Å²) in [5, 5.41) is 7.49. The van der Waals surface area contributed by atoms with Crippen molar-refractivity contribution in [1.29, 1.82) is 5.41 Å². The zero-order valence-corrected chi connectivity index (χ0v) is 12.9. The van der Waals surface area contributed by atoms with E-state index in [1.165, 1.54) is 36.8 Å². The van der Waals surface area contributed by atoms with Gasteiger partial charge in [-0.3, -0.25) is 10.3 Å². The van der Waals surface area contributed by atoms with E-state index in [9.17, 15) is 0 Å². The molecule has 0 heterocycles. The van der Waals surface area contributed by atoms with Crippen molar-refractivity contribution in [2.45, 2.75) is 52.1 Å². The minimum atomic E-state index is 0.147. The van der Waals surface area contributed by atoms with Crippen LogP contribution in [0.4, 0.5) is 0 Å². The minimum absolute atomic E-state index is 0.147. The van der Waals surface area contributed by atoms with Crippen LogP contribution in [0, 0.1) is 18.3 Å². The van der Waals surface area contributed by atoms with Crippen molar-refractivity contribution in [1.82, 2.24) is 4.90 Å². The van der Waals surface area contributed by atoms with Crippen molar-refractivity contribution < 1.29 is 0 Å². The normalized spacial score (nSPS) is 23.0. The highest BCUT2D eigenvalue weighted by atomic mass is 15.1. The molecular formula is C17H27N3. The Morgan fingerprint density at radius 2 is 2.15 bits per heavy atom. The maximum atomic E-state index is 7.49. The van der Waals surface area contributed by atoms with Crippen LogP contribution in [0.1, 0.15) is 49.3 Å². The molecule has 3 heteroatoms. The zero-order valence-electron chi connectivity index (χ0n) is 12.9. The molecule has 0 bridgehead atoms. The lowest BCUT2D eigenvalue weighted by Crippen LogP contribution is -2.35. The van der Waals surface area contributed by atoms with E-state index >= 15 is 0 Å². The number of hydrogen-bond donors (Lipinski definition) is 2. The molecule has 1 fully saturated rings. The summed E-state index contributed by atoms with van der Waals surface area (Å²) in [6.45, 7) is 5.47. The maximum Gasteiger partial charge on any atom is 0.122 e. The molecule has 20 heavy (non-hydrogen) atoms. The quantitative estimate of drug-likeness (QED) is 0.653. The molecule has 2 atom stereocenters. The number of nitrogens with zero attached hydrogens (tertiary/aromatic N) is 1. The first-order chi connectivity index (χ1) is 9.47. The van der Waals surface area contributed by atoms with E-state index in [4.69, 9.17) is 11.1 Å². The Kier molecular flexibility index (Phi) is 4.81. The van der Waals surface area contributed by atoms with Gasteiger partial charge in [-0.05, 0) is 49.9 Å². The van der Waals surface area contributed by atoms with Gasteiger partial charge in [-0.25, -0.2) is 0 Å². The van der Waals surface area contributed by atoms with Gasteiger partial charge in [0.2, 0.25) is 0 Å². The molecular weight excluding hydrogens is 246 g/mol. The Balaban J connectivity index is 2.03. The largest absolute Gasteiger partial charge is 0.384 e. The van der Waals surface area contributed by atoms with Crippen LogP contribution in [0.15, 0.2) is 18.2 Å². The highest BCUT2D eigenvalue weighted by Crippen LogP contribution is 2.27. The van der Waals surface area contributed by atoms with E-state index in [-0.39, 0.29) is 5.84 Å². The van der Waals surface area contributed by atoms with E-state index in [1.807, 2.05) is 12.1 Å². The zero-order chi connectivity index (χ0) is 14.7. The molecule has 0 amide bonds. The van der Waals surface area contributed by atoms with Gasteiger partial charge in [-0.2, -0.15) is 0 Å². The molecule has 1 aromatic carbocycles. The molecule has 1 saturated carbocycles. The van der Waals surface area contributed by atoms with Gasteiger partial charge in [0.25, 0.3) is 0 Å². The van der Waals surface area contributed by atoms with Gasteiger partial charge in [0.05, 0.1) is 0 Å². The molecule has 0 spiro atoms. The molecule has 0 saturated heterocycles. The van der Waals surface area contributed by atoms with E-state index in [0.717, 1.165) is 18.0 Å². The van der Waals surface area contributed by atoms with Crippen molar-refractivity contribution in [3.05, 3.63) is 34.9 Å². The molecule has 110 valence electrons. The standard InChI is InChI=1S/C17H27N3/c1-12-5-4-6-16(9-12)20(3)11-15-8-7-14(17(18)19)10-13(15)2/h7-8,10,12,16H,4-6,9,11H2,1-3H3,(H3,18,19). The van der Waals surface area contributed by atoms with Gasteiger partial charge < -0.3 is 5.73 Å². The van der Waals surface area contributed by atoms with Crippen LogP contribution in [0.3, 0.4) is 0 Å². The number of nitrogens with two attached hydrogens (primary N) is 1. The Bertz CT molecular complexity index is 481. The summed E-state index contributed by atoms with van der Waals surface area (Å²) >= 11 is 0. The predicted molar refractivity (Wildman–Crippen MR) is 85.1 cm³/mol. The first kappa shape index (κ1) is 15.0. The van der Waals surface area contributed by atoms with E-state index in [0.29, 0.717) is 6.04 Å². The van der Waals surface area contributed by atoms with E-state index in [1.54, 1.807) is 0 Å². The van der Waals surface area contributed by atoms with Crippen molar-refractivity contribution in [3.8, 4) is 0 Å². The molecule has 1 aliphatic rings. The minimum Gasteiger partial charge on any atom is -0.384 e. The first-order valence-electron chi connectivity index (χ1n) is 7.61. The lowest BCUT2D eigenvalue weighted by Gasteiger charge is -2.34. The van der Waals surface area contributed by atoms with Crippen molar-refractivity contribution >= 4 is 5.84 Å². The van der Waals surface area contributed by atoms with Crippen LogP contribution in [0.2, 0.25) is 0 Å². The highest BCUT2D eigenvalue weighted by molar-refractivity contribution is 5.95. The number of nitrogen functional groups attached to an aromatic ring is 1. The maximum absolute atomic E-state index is 7.49. The summed E-state index contributed by atoms with van der Waals surface area (Å²) in [5.41, 5.74) is 8.93. The number of benzene rings is 1. The van der Waals surface area contributed by atoms with Gasteiger partial charge in [0, 0.05) is 18.2 Å². The van der Waals surface area contributed by atoms with Gasteiger partial charge >= 0.3 is 0 Å². The molecule has 2 rings (SSSR count). The lowest BCUT2D eigenvalue weighted by atomic mass is 9.86. The fourth-order valence-electron chi connectivity index (χ4n) is 3.24. The highest BCUT2D eigenvalue weighted by Gasteiger charge is 2.22. The molecule has 0 radical (unpaired) electrons. The fourth-order valence-corrected chi connectivity index (χ4v) is 3.24. The second-order valence-electron chi connectivity index (χ2n) is 6.40. The van der Waals surface area contributed by atoms with Crippen LogP contribution in [0.25, 0.3) is 0 Å². The van der Waals surface area contributed by atoms with Gasteiger partial charge in [0.1, 0.15) is 5.84 Å². The summed E-state index contributed by atoms with van der Waals surface area (Å²) in [4.78, 5) is 2.49. The fraction of sp³-hybridized carbons (Fsp3) is 0.588. The van der Waals surface area contributed by atoms with Crippen LogP contribution in [-0.4, -0.2) is 23.8 Å². The summed E-state index contributed by atoms with van der Waals surface area (Å²) < 4.78 is 0. The topological polar surface area (TPSA) is 53.1 Å². The number of amidine groups is 1. The first-order valence-corrected chi connectivity index (χ1v) is 7.61. The Labute approximate surface area is 122 Å². The van der Waals surface area contributed by atoms with Crippen LogP contribution >= 0.6 is 0 Å². The third-order valence-corrected chi connectivity index (χ3v) is 4.61. The van der Waals surface area contributed by atoms with Gasteiger partial charge in [0.15, 0.2) is 0 Å². The third-order valence-electron chi connectivity index (χ3n) is 4.61.